The number of nitrogens with two attached hydrogens (primary N) is 1. The molecule has 14 heavy (non-hydrogen) atoms. The van der Waals surface area contributed by atoms with E-state index in [-0.39, 0.29) is 4.88 Å². The van der Waals surface area contributed by atoms with Crippen molar-refractivity contribution < 1.29 is 22.7 Å². The molecule has 0 aliphatic carbocycles. The molecule has 1 rings (SSSR count). The van der Waals surface area contributed by atoms with Crippen LogP contribution in [0, 0.1) is 6.92 Å². The number of hydrogen-bond acceptors (Lipinski definition) is 3. The second kappa shape index (κ2) is 3.49. The number of thiophene rings is 1. The first-order chi connectivity index (χ1) is 6.29. The van der Waals surface area contributed by atoms with Gasteiger partial charge in [-0.15, -0.1) is 24.5 Å². The normalized spacial score (nSPS) is 11.4. The molecule has 0 aliphatic rings. The van der Waals surface area contributed by atoms with Crippen molar-refractivity contribution in [2.45, 2.75) is 13.3 Å². The molecule has 0 saturated heterocycles. The third kappa shape index (κ3) is 2.63. The van der Waals surface area contributed by atoms with Crippen molar-refractivity contribution in [3.05, 3.63) is 15.8 Å². The van der Waals surface area contributed by atoms with Gasteiger partial charge in [-0.25, -0.2) is 0 Å². The van der Waals surface area contributed by atoms with Crippen LogP contribution in [-0.2, 0) is 0 Å². The van der Waals surface area contributed by atoms with Crippen molar-refractivity contribution in [3.63, 3.8) is 0 Å². The Morgan fingerprint density at radius 1 is 1.57 bits per heavy atom. The van der Waals surface area contributed by atoms with Gasteiger partial charge in [-0.2, -0.15) is 0 Å². The van der Waals surface area contributed by atoms with Crippen LogP contribution in [0.3, 0.4) is 0 Å². The largest absolute Gasteiger partial charge is 0.573 e. The van der Waals surface area contributed by atoms with Gasteiger partial charge in [0.05, 0.1) is 0 Å². The summed E-state index contributed by atoms with van der Waals surface area (Å²) in [6.07, 6.45) is -4.81. The standard InChI is InChI=1S/C7H6F3NO2S/c1-3-2-4(13-7(8,9)10)5(14-3)6(11)12/h2H,1H3,(H2,11,12). The van der Waals surface area contributed by atoms with Gasteiger partial charge in [0.2, 0.25) is 0 Å². The maximum Gasteiger partial charge on any atom is 0.573 e. The van der Waals surface area contributed by atoms with E-state index in [2.05, 4.69) is 4.74 Å². The Labute approximate surface area is 81.3 Å². The molecule has 7 heteroatoms. The molecule has 78 valence electrons. The summed E-state index contributed by atoms with van der Waals surface area (Å²) < 4.78 is 39.1. The molecular weight excluding hydrogens is 219 g/mol. The maximum absolute atomic E-state index is 11.8. The Morgan fingerprint density at radius 2 is 2.14 bits per heavy atom. The van der Waals surface area contributed by atoms with E-state index < -0.39 is 18.0 Å². The summed E-state index contributed by atoms with van der Waals surface area (Å²) in [6, 6.07) is 1.12. The Hall–Kier alpha value is -1.24. The second-order valence-corrected chi connectivity index (χ2v) is 3.72. The van der Waals surface area contributed by atoms with Crippen molar-refractivity contribution >= 4 is 17.2 Å². The lowest BCUT2D eigenvalue weighted by Crippen LogP contribution is -2.19. The van der Waals surface area contributed by atoms with Crippen molar-refractivity contribution in [3.8, 4) is 5.75 Å². The van der Waals surface area contributed by atoms with Crippen LogP contribution in [0.5, 0.6) is 5.75 Å². The predicted molar refractivity (Wildman–Crippen MR) is 44.3 cm³/mol. The van der Waals surface area contributed by atoms with Crippen LogP contribution in [0.2, 0.25) is 0 Å². The maximum atomic E-state index is 11.8. The number of hydrogen-bond donors (Lipinski definition) is 1. The van der Waals surface area contributed by atoms with Gasteiger partial charge in [0.15, 0.2) is 5.75 Å². The summed E-state index contributed by atoms with van der Waals surface area (Å²) >= 11 is 0.864. The molecule has 1 heterocycles. The van der Waals surface area contributed by atoms with E-state index in [1.54, 1.807) is 6.92 Å². The zero-order valence-corrected chi connectivity index (χ0v) is 7.83. The minimum absolute atomic E-state index is 0.222. The van der Waals surface area contributed by atoms with Gasteiger partial charge in [-0.1, -0.05) is 0 Å². The molecule has 0 atom stereocenters. The smallest absolute Gasteiger partial charge is 0.404 e. The molecule has 0 aromatic carbocycles. The molecule has 0 fully saturated rings. The summed E-state index contributed by atoms with van der Waals surface area (Å²) in [4.78, 5) is 11.0. The summed E-state index contributed by atoms with van der Waals surface area (Å²) in [5, 5.41) is 0. The number of carbonyl (C=O) groups is 1. The first-order valence-corrected chi connectivity index (χ1v) is 4.27. The van der Waals surface area contributed by atoms with E-state index in [0.29, 0.717) is 4.88 Å². The van der Waals surface area contributed by atoms with Gasteiger partial charge < -0.3 is 10.5 Å². The van der Waals surface area contributed by atoms with Crippen LogP contribution in [0.1, 0.15) is 14.5 Å². The molecule has 1 aromatic rings. The van der Waals surface area contributed by atoms with Gasteiger partial charge in [0.25, 0.3) is 5.91 Å². The van der Waals surface area contributed by atoms with Crippen molar-refractivity contribution in [2.75, 3.05) is 0 Å². The third-order valence-corrected chi connectivity index (χ3v) is 2.32. The number of alkyl halides is 3. The number of rotatable bonds is 2. The van der Waals surface area contributed by atoms with Crippen LogP contribution in [0.4, 0.5) is 13.2 Å². The van der Waals surface area contributed by atoms with Crippen LogP contribution in [-0.4, -0.2) is 12.3 Å². The van der Waals surface area contributed by atoms with Crippen LogP contribution in [0.15, 0.2) is 6.07 Å². The fraction of sp³-hybridized carbons (Fsp3) is 0.286. The van der Waals surface area contributed by atoms with Crippen LogP contribution in [0.25, 0.3) is 0 Å². The van der Waals surface area contributed by atoms with E-state index in [1.807, 2.05) is 0 Å². The first kappa shape index (κ1) is 10.8. The molecule has 0 bridgehead atoms. The van der Waals surface area contributed by atoms with E-state index in [0.717, 1.165) is 17.4 Å². The van der Waals surface area contributed by atoms with Crippen molar-refractivity contribution in [2.24, 2.45) is 5.73 Å². The number of amides is 1. The molecule has 0 saturated carbocycles. The Balaban J connectivity index is 3.02. The summed E-state index contributed by atoms with van der Waals surface area (Å²) in [6.45, 7) is 1.56. The monoisotopic (exact) mass is 225 g/mol. The molecule has 1 amide bonds. The number of aryl methyl sites for hydroxylation is 1. The van der Waals surface area contributed by atoms with E-state index in [9.17, 15) is 18.0 Å². The highest BCUT2D eigenvalue weighted by Gasteiger charge is 2.33. The highest BCUT2D eigenvalue weighted by molar-refractivity contribution is 7.14. The lowest BCUT2D eigenvalue weighted by Gasteiger charge is -2.07. The number of ether oxygens (including phenoxy) is 1. The summed E-state index contributed by atoms with van der Waals surface area (Å²) in [5.74, 6) is -1.46. The molecule has 3 nitrogen and oxygen atoms in total. The van der Waals surface area contributed by atoms with E-state index in [4.69, 9.17) is 5.73 Å². The summed E-state index contributed by atoms with van der Waals surface area (Å²) in [5.41, 5.74) is 4.87. The highest BCUT2D eigenvalue weighted by atomic mass is 32.1. The number of halogens is 3. The fourth-order valence-electron chi connectivity index (χ4n) is 0.863. The number of carbonyl (C=O) groups excluding carboxylic acids is 1. The SMILES string of the molecule is Cc1cc(OC(F)(F)F)c(C(N)=O)s1. The molecule has 0 spiro atoms. The quantitative estimate of drug-likeness (QED) is 0.837. The fourth-order valence-corrected chi connectivity index (χ4v) is 1.65. The predicted octanol–water partition coefficient (Wildman–Crippen LogP) is 2.05. The second-order valence-electron chi connectivity index (χ2n) is 2.46. The molecule has 0 radical (unpaired) electrons. The number of primary amides is 1. The Morgan fingerprint density at radius 3 is 2.57 bits per heavy atom. The highest BCUT2D eigenvalue weighted by Crippen LogP contribution is 2.32. The zero-order chi connectivity index (χ0) is 10.9. The van der Waals surface area contributed by atoms with Crippen molar-refractivity contribution in [1.82, 2.24) is 0 Å². The minimum atomic E-state index is -4.81. The molecule has 2 N–H and O–H groups in total. The molecular formula is C7H6F3NO2S. The van der Waals surface area contributed by atoms with Crippen molar-refractivity contribution in [1.29, 1.82) is 0 Å². The van der Waals surface area contributed by atoms with Gasteiger partial charge >= 0.3 is 6.36 Å². The average molecular weight is 225 g/mol. The van der Waals surface area contributed by atoms with Gasteiger partial charge in [0.1, 0.15) is 4.88 Å². The van der Waals surface area contributed by atoms with Gasteiger partial charge in [0, 0.05) is 4.88 Å². The third-order valence-electron chi connectivity index (χ3n) is 1.27. The van der Waals surface area contributed by atoms with Crippen LogP contribution >= 0.6 is 11.3 Å². The molecule has 0 aliphatic heterocycles. The first-order valence-electron chi connectivity index (χ1n) is 3.45. The lowest BCUT2D eigenvalue weighted by molar-refractivity contribution is -0.274. The topological polar surface area (TPSA) is 52.3 Å². The average Bonchev–Trinajstić information content (AvgIpc) is 2.27. The van der Waals surface area contributed by atoms with E-state index >= 15 is 0 Å². The van der Waals surface area contributed by atoms with Gasteiger partial charge in [-0.3, -0.25) is 4.79 Å². The van der Waals surface area contributed by atoms with Crippen LogP contribution < -0.4 is 10.5 Å². The zero-order valence-electron chi connectivity index (χ0n) is 7.01. The minimum Gasteiger partial charge on any atom is -0.404 e. The van der Waals surface area contributed by atoms with E-state index in [1.165, 1.54) is 0 Å². The lowest BCUT2D eigenvalue weighted by atomic mass is 10.4. The Bertz CT molecular complexity index is 358. The Kier molecular flexibility index (Phi) is 2.70. The summed E-state index contributed by atoms with van der Waals surface area (Å²) in [7, 11) is 0. The molecule has 0 unspecified atom stereocenters. The van der Waals surface area contributed by atoms with Gasteiger partial charge in [-0.05, 0) is 13.0 Å². The molecule has 1 aromatic heterocycles.